The molecule has 0 saturated heterocycles. The van der Waals surface area contributed by atoms with Crippen molar-refractivity contribution in [2.24, 2.45) is 7.05 Å². The Bertz CT molecular complexity index is 775. The molecule has 3 rings (SSSR count). The molecular weight excluding hydrogens is 242 g/mol. The van der Waals surface area contributed by atoms with Gasteiger partial charge in [0.05, 0.1) is 0 Å². The summed E-state index contributed by atoms with van der Waals surface area (Å²) in [6.45, 7) is 0. The molecule has 1 N–H and O–H groups in total. The highest BCUT2D eigenvalue weighted by Crippen LogP contribution is 2.25. The smallest absolute Gasteiger partial charge is 0.327 e. The van der Waals surface area contributed by atoms with Crippen LogP contribution in [-0.4, -0.2) is 26.6 Å². The first-order valence-electron chi connectivity index (χ1n) is 5.87. The Kier molecular flexibility index (Phi) is 2.56. The normalized spacial score (nSPS) is 10.8. The molecule has 6 nitrogen and oxygen atoms in total. The average molecular weight is 255 g/mol. The lowest BCUT2D eigenvalue weighted by molar-refractivity contribution is 0.877. The van der Waals surface area contributed by atoms with Crippen LogP contribution in [0.4, 0.5) is 11.5 Å². The third kappa shape index (κ3) is 1.77. The zero-order valence-electron chi connectivity index (χ0n) is 10.7. The molecule has 2 aromatic heterocycles. The van der Waals surface area contributed by atoms with Crippen molar-refractivity contribution < 1.29 is 0 Å². The molecule has 0 saturated carbocycles. The van der Waals surface area contributed by atoms with E-state index in [1.54, 1.807) is 7.05 Å². The monoisotopic (exact) mass is 255 g/mol. The molecule has 0 aliphatic heterocycles. The summed E-state index contributed by atoms with van der Waals surface area (Å²) < 4.78 is 1.47. The number of nitrogens with one attached hydrogen (secondary N) is 1. The van der Waals surface area contributed by atoms with Crippen LogP contribution in [0.25, 0.3) is 11.2 Å². The zero-order valence-corrected chi connectivity index (χ0v) is 10.7. The predicted octanol–water partition coefficient (Wildman–Crippen LogP) is 1.42. The number of hydrogen-bond acceptors (Lipinski definition) is 4. The van der Waals surface area contributed by atoms with Crippen molar-refractivity contribution in [1.82, 2.24) is 19.5 Å². The van der Waals surface area contributed by atoms with Gasteiger partial charge in [0.2, 0.25) is 0 Å². The van der Waals surface area contributed by atoms with Gasteiger partial charge in [-0.05, 0) is 12.1 Å². The zero-order chi connectivity index (χ0) is 13.4. The number of aromatic nitrogens is 4. The third-order valence-corrected chi connectivity index (χ3v) is 3.12. The summed E-state index contributed by atoms with van der Waals surface area (Å²) in [5.41, 5.74) is 2.03. The fraction of sp³-hybridized carbons (Fsp3) is 0.154. The number of anilines is 2. The largest absolute Gasteiger partial charge is 0.328 e. The molecule has 1 aromatic carbocycles. The van der Waals surface area contributed by atoms with Gasteiger partial charge in [-0.3, -0.25) is 4.57 Å². The molecule has 19 heavy (non-hydrogen) atoms. The highest BCUT2D eigenvalue weighted by atomic mass is 16.1. The highest BCUT2D eigenvalue weighted by molar-refractivity contribution is 5.85. The molecule has 0 unspecified atom stereocenters. The number of para-hydroxylation sites is 1. The molecule has 0 amide bonds. The lowest BCUT2D eigenvalue weighted by atomic mass is 10.3. The lowest BCUT2D eigenvalue weighted by Crippen LogP contribution is -2.12. The average Bonchev–Trinajstić information content (AvgIpc) is 2.75. The molecule has 0 fully saturated rings. The van der Waals surface area contributed by atoms with Crippen molar-refractivity contribution in [2.75, 3.05) is 11.9 Å². The summed E-state index contributed by atoms with van der Waals surface area (Å²) >= 11 is 0. The van der Waals surface area contributed by atoms with Crippen LogP contribution >= 0.6 is 0 Å². The van der Waals surface area contributed by atoms with E-state index in [2.05, 4.69) is 15.0 Å². The summed E-state index contributed by atoms with van der Waals surface area (Å²) in [6, 6.07) is 9.83. The van der Waals surface area contributed by atoms with E-state index in [-0.39, 0.29) is 5.69 Å². The molecular formula is C13H13N5O. The fourth-order valence-electron chi connectivity index (χ4n) is 2.05. The predicted molar refractivity (Wildman–Crippen MR) is 73.6 cm³/mol. The van der Waals surface area contributed by atoms with Crippen molar-refractivity contribution in [3.8, 4) is 0 Å². The first kappa shape index (κ1) is 11.5. The summed E-state index contributed by atoms with van der Waals surface area (Å²) in [5.74, 6) is 0.675. The van der Waals surface area contributed by atoms with E-state index < -0.39 is 0 Å². The van der Waals surface area contributed by atoms with Crippen LogP contribution in [0, 0.1) is 0 Å². The molecule has 3 aromatic rings. The highest BCUT2D eigenvalue weighted by Gasteiger charge is 2.14. The van der Waals surface area contributed by atoms with E-state index in [0.717, 1.165) is 5.69 Å². The molecule has 6 heteroatoms. The van der Waals surface area contributed by atoms with Crippen molar-refractivity contribution in [3.63, 3.8) is 0 Å². The van der Waals surface area contributed by atoms with Crippen LogP contribution in [0.5, 0.6) is 0 Å². The van der Waals surface area contributed by atoms with Gasteiger partial charge in [-0.2, -0.15) is 0 Å². The molecule has 2 heterocycles. The summed E-state index contributed by atoms with van der Waals surface area (Å²) in [7, 11) is 3.59. The number of fused-ring (bicyclic) bond motifs is 1. The minimum absolute atomic E-state index is 0.196. The lowest BCUT2D eigenvalue weighted by Gasteiger charge is -2.18. The number of hydrogen-bond donors (Lipinski definition) is 1. The van der Waals surface area contributed by atoms with Crippen LogP contribution in [-0.2, 0) is 7.05 Å². The summed E-state index contributed by atoms with van der Waals surface area (Å²) in [5, 5.41) is 0. The van der Waals surface area contributed by atoms with Gasteiger partial charge in [-0.15, -0.1) is 0 Å². The van der Waals surface area contributed by atoms with Gasteiger partial charge in [0, 0.05) is 19.8 Å². The second-order valence-corrected chi connectivity index (χ2v) is 4.28. The third-order valence-electron chi connectivity index (χ3n) is 3.12. The van der Waals surface area contributed by atoms with Crippen molar-refractivity contribution >= 4 is 22.7 Å². The Labute approximate surface area is 109 Å². The van der Waals surface area contributed by atoms with Gasteiger partial charge in [0.15, 0.2) is 11.5 Å². The standard InChI is InChI=1S/C13H13N5O/c1-17(9-6-4-3-5-7-9)11-10-12(15-8-14-11)18(2)13(19)16-10/h3-8H,1-2H3,(H,16,19). The molecule has 0 spiro atoms. The number of aryl methyl sites for hydroxylation is 1. The van der Waals surface area contributed by atoms with E-state index >= 15 is 0 Å². The van der Waals surface area contributed by atoms with Gasteiger partial charge in [-0.25, -0.2) is 14.8 Å². The van der Waals surface area contributed by atoms with Crippen LogP contribution < -0.4 is 10.6 Å². The van der Waals surface area contributed by atoms with Crippen LogP contribution in [0.2, 0.25) is 0 Å². The minimum Gasteiger partial charge on any atom is -0.328 e. The number of nitrogens with zero attached hydrogens (tertiary/aromatic N) is 4. The molecule has 96 valence electrons. The second-order valence-electron chi connectivity index (χ2n) is 4.28. The van der Waals surface area contributed by atoms with Gasteiger partial charge < -0.3 is 9.88 Å². The summed E-state index contributed by atoms with van der Waals surface area (Å²) in [4.78, 5) is 24.8. The number of benzene rings is 1. The van der Waals surface area contributed by atoms with E-state index in [1.807, 2.05) is 42.3 Å². The minimum atomic E-state index is -0.196. The van der Waals surface area contributed by atoms with E-state index in [0.29, 0.717) is 17.0 Å². The van der Waals surface area contributed by atoms with Gasteiger partial charge >= 0.3 is 5.69 Å². The fourth-order valence-corrected chi connectivity index (χ4v) is 2.05. The molecule has 0 aliphatic rings. The Hall–Kier alpha value is -2.63. The Morgan fingerprint density at radius 1 is 1.21 bits per heavy atom. The van der Waals surface area contributed by atoms with Crippen LogP contribution in [0.15, 0.2) is 41.5 Å². The summed E-state index contributed by atoms with van der Waals surface area (Å²) in [6.07, 6.45) is 1.46. The maximum Gasteiger partial charge on any atom is 0.327 e. The van der Waals surface area contributed by atoms with E-state index in [1.165, 1.54) is 10.9 Å². The number of H-pyrrole nitrogens is 1. The SMILES string of the molecule is CN(c1ccccc1)c1ncnc2c1[nH]c(=O)n2C. The van der Waals surface area contributed by atoms with Crippen LogP contribution in [0.1, 0.15) is 0 Å². The maximum absolute atomic E-state index is 11.7. The molecule has 0 aliphatic carbocycles. The Balaban J connectivity index is 2.21. The van der Waals surface area contributed by atoms with Gasteiger partial charge in [0.25, 0.3) is 0 Å². The van der Waals surface area contributed by atoms with Crippen molar-refractivity contribution in [1.29, 1.82) is 0 Å². The number of rotatable bonds is 2. The van der Waals surface area contributed by atoms with Crippen molar-refractivity contribution in [3.05, 3.63) is 47.1 Å². The van der Waals surface area contributed by atoms with E-state index in [9.17, 15) is 4.79 Å². The first-order valence-corrected chi connectivity index (χ1v) is 5.87. The number of imidazole rings is 1. The number of aromatic amines is 1. The topological polar surface area (TPSA) is 66.8 Å². The second kappa shape index (κ2) is 4.24. The Morgan fingerprint density at radius 2 is 1.95 bits per heavy atom. The van der Waals surface area contributed by atoms with Gasteiger partial charge in [-0.1, -0.05) is 18.2 Å². The van der Waals surface area contributed by atoms with E-state index in [4.69, 9.17) is 0 Å². The molecule has 0 bridgehead atoms. The van der Waals surface area contributed by atoms with Crippen molar-refractivity contribution in [2.45, 2.75) is 0 Å². The molecule has 0 atom stereocenters. The van der Waals surface area contributed by atoms with Crippen LogP contribution in [0.3, 0.4) is 0 Å². The van der Waals surface area contributed by atoms with Gasteiger partial charge in [0.1, 0.15) is 11.8 Å². The maximum atomic E-state index is 11.7. The first-order chi connectivity index (χ1) is 9.18. The quantitative estimate of drug-likeness (QED) is 0.752. The Morgan fingerprint density at radius 3 is 2.68 bits per heavy atom. The molecule has 0 radical (unpaired) electrons.